The molecule has 0 amide bonds. The maximum atomic E-state index is 15.1. The first-order valence-electron chi connectivity index (χ1n) is 8.39. The van der Waals surface area contributed by atoms with Crippen LogP contribution in [0.4, 0.5) is 21.5 Å². The first-order valence-corrected chi connectivity index (χ1v) is 9.76. The van der Waals surface area contributed by atoms with Gasteiger partial charge in [-0.2, -0.15) is 0 Å². The van der Waals surface area contributed by atoms with E-state index in [0.29, 0.717) is 21.4 Å². The largest absolute Gasteiger partial charge is 0.465 e. The number of anilines is 3. The molecule has 0 aliphatic carbocycles. The number of carbonyl (C=O) groups is 1. The number of methoxy groups -OCH3 is 1. The molecular formula is C21H18ClFN2O2S. The average Bonchev–Trinajstić information content (AvgIpc) is 2.72. The number of ether oxygens (including phenoxy) is 1. The molecule has 28 heavy (non-hydrogen) atoms. The normalized spacial score (nSPS) is 10.5. The Morgan fingerprint density at radius 1 is 1.18 bits per heavy atom. The molecule has 3 N–H and O–H groups in total. The summed E-state index contributed by atoms with van der Waals surface area (Å²) in [6.07, 6.45) is 0. The Hall–Kier alpha value is -2.70. The van der Waals surface area contributed by atoms with Crippen LogP contribution in [0.3, 0.4) is 0 Å². The minimum Gasteiger partial charge on any atom is -0.465 e. The van der Waals surface area contributed by atoms with E-state index in [1.165, 1.54) is 24.9 Å². The molecule has 0 spiro atoms. The second-order valence-electron chi connectivity index (χ2n) is 5.90. The van der Waals surface area contributed by atoms with Crippen molar-refractivity contribution in [3.8, 4) is 0 Å². The molecule has 0 atom stereocenters. The van der Waals surface area contributed by atoms with E-state index in [2.05, 4.69) is 5.32 Å². The van der Waals surface area contributed by atoms with Crippen molar-refractivity contribution in [3.63, 3.8) is 0 Å². The summed E-state index contributed by atoms with van der Waals surface area (Å²) in [7, 11) is 1.24. The molecule has 3 aromatic carbocycles. The zero-order chi connectivity index (χ0) is 20.1. The fraction of sp³-hybridized carbons (Fsp3) is 0.0952. The molecule has 0 heterocycles. The van der Waals surface area contributed by atoms with Crippen molar-refractivity contribution < 1.29 is 13.9 Å². The summed E-state index contributed by atoms with van der Waals surface area (Å²) in [4.78, 5) is 12.8. The van der Waals surface area contributed by atoms with E-state index in [4.69, 9.17) is 22.1 Å². The van der Waals surface area contributed by atoms with Crippen LogP contribution >= 0.6 is 23.4 Å². The van der Waals surface area contributed by atoms with Crippen molar-refractivity contribution in [2.75, 3.05) is 18.2 Å². The molecule has 0 saturated heterocycles. The van der Waals surface area contributed by atoms with Crippen molar-refractivity contribution in [1.82, 2.24) is 0 Å². The number of carbonyl (C=O) groups excluding carboxylic acids is 1. The van der Waals surface area contributed by atoms with Crippen LogP contribution in [0.1, 0.15) is 15.9 Å². The average molecular weight is 417 g/mol. The minimum absolute atomic E-state index is 0.0388. The topological polar surface area (TPSA) is 64.3 Å². The van der Waals surface area contributed by atoms with E-state index in [-0.39, 0.29) is 16.9 Å². The van der Waals surface area contributed by atoms with Crippen LogP contribution in [-0.2, 0) is 10.5 Å². The SMILES string of the molecule is COC(=O)c1cc(SCc2ccccc2)c(N)c(F)c1Nc1ccccc1Cl. The Kier molecular flexibility index (Phi) is 6.44. The zero-order valence-corrected chi connectivity index (χ0v) is 16.6. The highest BCUT2D eigenvalue weighted by Crippen LogP contribution is 2.38. The number of hydrogen-bond acceptors (Lipinski definition) is 5. The number of rotatable bonds is 6. The van der Waals surface area contributed by atoms with Crippen molar-refractivity contribution in [1.29, 1.82) is 0 Å². The summed E-state index contributed by atoms with van der Waals surface area (Å²) >= 11 is 7.49. The van der Waals surface area contributed by atoms with Gasteiger partial charge in [-0.1, -0.05) is 54.1 Å². The molecule has 144 valence electrons. The summed E-state index contributed by atoms with van der Waals surface area (Å²) in [6.45, 7) is 0. The monoisotopic (exact) mass is 416 g/mol. The number of nitrogen functional groups attached to an aromatic ring is 1. The summed E-state index contributed by atoms with van der Waals surface area (Å²) in [6, 6.07) is 18.1. The maximum Gasteiger partial charge on any atom is 0.340 e. The highest BCUT2D eigenvalue weighted by atomic mass is 35.5. The number of hydrogen-bond donors (Lipinski definition) is 2. The van der Waals surface area contributed by atoms with Crippen molar-refractivity contribution in [2.24, 2.45) is 0 Å². The fourth-order valence-electron chi connectivity index (χ4n) is 2.59. The molecule has 3 rings (SSSR count). The van der Waals surface area contributed by atoms with Crippen LogP contribution in [0.2, 0.25) is 5.02 Å². The molecule has 0 aliphatic rings. The molecule has 0 bridgehead atoms. The molecule has 0 aromatic heterocycles. The number of nitrogens with one attached hydrogen (secondary N) is 1. The molecule has 0 aliphatic heterocycles. The van der Waals surface area contributed by atoms with Gasteiger partial charge in [0.2, 0.25) is 0 Å². The van der Waals surface area contributed by atoms with Gasteiger partial charge in [0.15, 0.2) is 5.82 Å². The zero-order valence-electron chi connectivity index (χ0n) is 15.0. The molecule has 3 aromatic rings. The molecule has 0 unspecified atom stereocenters. The molecule has 0 radical (unpaired) electrons. The standard InChI is InChI=1S/C21H18ClFN2O2S/c1-27-21(26)14-11-17(28-12-13-7-3-2-4-8-13)19(24)18(23)20(14)25-16-10-6-5-9-15(16)22/h2-11,25H,12,24H2,1H3. The summed E-state index contributed by atoms with van der Waals surface area (Å²) in [5.41, 5.74) is 7.48. The number of para-hydroxylation sites is 1. The summed E-state index contributed by atoms with van der Waals surface area (Å²) in [5.74, 6) is -0.809. The van der Waals surface area contributed by atoms with Gasteiger partial charge < -0.3 is 15.8 Å². The van der Waals surface area contributed by atoms with Crippen LogP contribution in [0, 0.1) is 5.82 Å². The lowest BCUT2D eigenvalue weighted by Gasteiger charge is -2.17. The van der Waals surface area contributed by atoms with Gasteiger partial charge in [-0.05, 0) is 23.8 Å². The van der Waals surface area contributed by atoms with E-state index < -0.39 is 11.8 Å². The number of esters is 1. The number of benzene rings is 3. The number of halogens is 2. The van der Waals surface area contributed by atoms with Gasteiger partial charge in [-0.3, -0.25) is 0 Å². The fourth-order valence-corrected chi connectivity index (χ4v) is 3.73. The van der Waals surface area contributed by atoms with Gasteiger partial charge in [-0.25, -0.2) is 9.18 Å². The first-order chi connectivity index (χ1) is 13.5. The smallest absolute Gasteiger partial charge is 0.340 e. The highest BCUT2D eigenvalue weighted by Gasteiger charge is 2.22. The molecule has 0 saturated carbocycles. The highest BCUT2D eigenvalue weighted by molar-refractivity contribution is 7.98. The molecule has 4 nitrogen and oxygen atoms in total. The molecular weight excluding hydrogens is 399 g/mol. The predicted octanol–water partition coefficient (Wildman–Crippen LogP) is 5.88. The quantitative estimate of drug-likeness (QED) is 0.298. The van der Waals surface area contributed by atoms with Gasteiger partial charge in [0.25, 0.3) is 0 Å². The van der Waals surface area contributed by atoms with Crippen LogP contribution in [0.15, 0.2) is 65.6 Å². The summed E-state index contributed by atoms with van der Waals surface area (Å²) < 4.78 is 19.9. The minimum atomic E-state index is -0.724. The predicted molar refractivity (Wildman–Crippen MR) is 113 cm³/mol. The Balaban J connectivity index is 1.99. The van der Waals surface area contributed by atoms with Crippen LogP contribution in [0.5, 0.6) is 0 Å². The third-order valence-electron chi connectivity index (χ3n) is 4.04. The van der Waals surface area contributed by atoms with Gasteiger partial charge in [-0.15, -0.1) is 11.8 Å². The van der Waals surface area contributed by atoms with Gasteiger partial charge in [0.1, 0.15) is 0 Å². The lowest BCUT2D eigenvalue weighted by atomic mass is 10.1. The molecule has 7 heteroatoms. The van der Waals surface area contributed by atoms with Crippen LogP contribution in [-0.4, -0.2) is 13.1 Å². The second kappa shape index (κ2) is 8.99. The third-order valence-corrected chi connectivity index (χ3v) is 5.50. The Labute approximate surface area is 171 Å². The van der Waals surface area contributed by atoms with E-state index in [1.807, 2.05) is 30.3 Å². The van der Waals surface area contributed by atoms with E-state index in [1.54, 1.807) is 24.3 Å². The van der Waals surface area contributed by atoms with Crippen LogP contribution < -0.4 is 11.1 Å². The lowest BCUT2D eigenvalue weighted by molar-refractivity contribution is 0.0601. The van der Waals surface area contributed by atoms with Gasteiger partial charge in [0, 0.05) is 10.6 Å². The van der Waals surface area contributed by atoms with E-state index in [0.717, 1.165) is 5.56 Å². The van der Waals surface area contributed by atoms with Gasteiger partial charge >= 0.3 is 5.97 Å². The van der Waals surface area contributed by atoms with E-state index >= 15 is 4.39 Å². The van der Waals surface area contributed by atoms with Crippen molar-refractivity contribution in [3.05, 3.63) is 82.6 Å². The Morgan fingerprint density at radius 2 is 1.86 bits per heavy atom. The second-order valence-corrected chi connectivity index (χ2v) is 7.32. The van der Waals surface area contributed by atoms with Gasteiger partial charge in [0.05, 0.1) is 34.8 Å². The first kappa shape index (κ1) is 20.0. The van der Waals surface area contributed by atoms with E-state index in [9.17, 15) is 4.79 Å². The van der Waals surface area contributed by atoms with Crippen molar-refractivity contribution in [2.45, 2.75) is 10.6 Å². The Morgan fingerprint density at radius 3 is 2.54 bits per heavy atom. The summed E-state index contributed by atoms with van der Waals surface area (Å²) in [5, 5.41) is 3.26. The lowest BCUT2D eigenvalue weighted by Crippen LogP contribution is -2.10. The van der Waals surface area contributed by atoms with Crippen molar-refractivity contribution >= 4 is 46.4 Å². The number of thioether (sulfide) groups is 1. The maximum absolute atomic E-state index is 15.1. The third kappa shape index (κ3) is 4.40. The van der Waals surface area contributed by atoms with Crippen LogP contribution in [0.25, 0.3) is 0 Å². The molecule has 0 fully saturated rings. The Bertz CT molecular complexity index is 999. The number of nitrogens with two attached hydrogens (primary N) is 1.